The molecule has 122 valence electrons. The number of nitrogens with two attached hydrogens (primary N) is 1. The van der Waals surface area contributed by atoms with Crippen molar-refractivity contribution in [2.75, 3.05) is 12.0 Å². The monoisotopic (exact) mass is 360 g/mol. The lowest BCUT2D eigenvalue weighted by Gasteiger charge is -2.20. The molecule has 0 radical (unpaired) electrons. The van der Waals surface area contributed by atoms with Gasteiger partial charge in [0.05, 0.1) is 29.0 Å². The number of hydrogen-bond donors (Lipinski definition) is 1. The Hall–Kier alpha value is -2.09. The van der Waals surface area contributed by atoms with E-state index in [1.165, 1.54) is 6.26 Å². The highest BCUT2D eigenvalue weighted by atomic mass is 35.5. The lowest BCUT2D eigenvalue weighted by molar-refractivity contribution is 0.103. The van der Waals surface area contributed by atoms with Gasteiger partial charge in [-0.1, -0.05) is 29.8 Å². The molecule has 3 aromatic rings. The lowest BCUT2D eigenvalue weighted by atomic mass is 9.94. The minimum Gasteiger partial charge on any atom is -0.372 e. The van der Waals surface area contributed by atoms with Gasteiger partial charge >= 0.3 is 0 Å². The molecule has 0 bridgehead atoms. The van der Waals surface area contributed by atoms with Gasteiger partial charge in [0.15, 0.2) is 5.82 Å². The van der Waals surface area contributed by atoms with Gasteiger partial charge < -0.3 is 10.5 Å². The zero-order valence-electron chi connectivity index (χ0n) is 12.7. The summed E-state index contributed by atoms with van der Waals surface area (Å²) in [5.74, 6) is 0.345. The Kier molecular flexibility index (Phi) is 3.71. The second-order valence-corrected chi connectivity index (χ2v) is 7.16. The Morgan fingerprint density at radius 1 is 1.21 bits per heavy atom. The molecular weight excluding hydrogens is 348 g/mol. The third-order valence-corrected chi connectivity index (χ3v) is 4.90. The number of nitrogens with zero attached hydrogens (tertiary/aromatic N) is 3. The second-order valence-electron chi connectivity index (χ2n) is 5.48. The van der Waals surface area contributed by atoms with Crippen LogP contribution in [0.15, 0.2) is 29.4 Å². The summed E-state index contributed by atoms with van der Waals surface area (Å²) >= 11 is 6.51. The third-order valence-electron chi connectivity index (χ3n) is 3.91. The Balaban J connectivity index is 2.07. The SMILES string of the molecule is CS(=O)c1nc(N)nc(-c2c(Cl)cc3c4c(cccc24)COC3)n1. The van der Waals surface area contributed by atoms with Crippen LogP contribution in [0, 0.1) is 0 Å². The van der Waals surface area contributed by atoms with Crippen LogP contribution in [0.4, 0.5) is 5.95 Å². The summed E-state index contributed by atoms with van der Waals surface area (Å²) in [6, 6.07) is 7.80. The molecule has 1 aliphatic rings. The highest BCUT2D eigenvalue weighted by Crippen LogP contribution is 2.39. The summed E-state index contributed by atoms with van der Waals surface area (Å²) in [7, 11) is -1.37. The molecule has 2 heterocycles. The van der Waals surface area contributed by atoms with Crippen molar-refractivity contribution in [3.05, 3.63) is 40.4 Å². The van der Waals surface area contributed by atoms with E-state index in [0.717, 1.165) is 21.9 Å². The van der Waals surface area contributed by atoms with Crippen molar-refractivity contribution in [3.8, 4) is 11.4 Å². The van der Waals surface area contributed by atoms with Crippen LogP contribution in [0.3, 0.4) is 0 Å². The van der Waals surface area contributed by atoms with Crippen molar-refractivity contribution in [1.82, 2.24) is 15.0 Å². The normalized spacial score (nSPS) is 14.8. The highest BCUT2D eigenvalue weighted by molar-refractivity contribution is 7.84. The zero-order valence-corrected chi connectivity index (χ0v) is 14.3. The number of anilines is 1. The molecule has 24 heavy (non-hydrogen) atoms. The number of benzene rings is 2. The molecule has 1 aliphatic heterocycles. The zero-order chi connectivity index (χ0) is 16.8. The number of rotatable bonds is 2. The summed E-state index contributed by atoms with van der Waals surface area (Å²) in [6.07, 6.45) is 1.50. The van der Waals surface area contributed by atoms with E-state index >= 15 is 0 Å². The predicted octanol–water partition coefficient (Wildman–Crippen LogP) is 2.70. The first-order valence-electron chi connectivity index (χ1n) is 7.20. The molecule has 6 nitrogen and oxygen atoms in total. The Labute approximate surface area is 145 Å². The van der Waals surface area contributed by atoms with E-state index in [9.17, 15) is 4.21 Å². The van der Waals surface area contributed by atoms with E-state index in [-0.39, 0.29) is 11.1 Å². The van der Waals surface area contributed by atoms with Crippen molar-refractivity contribution in [1.29, 1.82) is 0 Å². The number of halogens is 1. The molecule has 0 saturated carbocycles. The van der Waals surface area contributed by atoms with Crippen molar-refractivity contribution >= 4 is 39.1 Å². The molecule has 0 amide bonds. The van der Waals surface area contributed by atoms with Crippen LogP contribution in [-0.4, -0.2) is 25.4 Å². The van der Waals surface area contributed by atoms with Crippen LogP contribution >= 0.6 is 11.6 Å². The van der Waals surface area contributed by atoms with E-state index in [4.69, 9.17) is 22.1 Å². The average Bonchev–Trinajstić information content (AvgIpc) is 2.54. The Bertz CT molecular complexity index is 1010. The van der Waals surface area contributed by atoms with E-state index in [1.807, 2.05) is 24.3 Å². The van der Waals surface area contributed by atoms with Crippen LogP contribution in [0.2, 0.25) is 5.02 Å². The molecule has 1 atom stereocenters. The average molecular weight is 361 g/mol. The van der Waals surface area contributed by atoms with Crippen molar-refractivity contribution in [2.24, 2.45) is 0 Å². The quantitative estimate of drug-likeness (QED) is 0.755. The number of hydrogen-bond acceptors (Lipinski definition) is 6. The second kappa shape index (κ2) is 5.77. The fourth-order valence-corrected chi connectivity index (χ4v) is 3.71. The smallest absolute Gasteiger partial charge is 0.224 e. The van der Waals surface area contributed by atoms with Crippen LogP contribution in [0.25, 0.3) is 22.2 Å². The molecule has 0 aliphatic carbocycles. The Morgan fingerprint density at radius 3 is 2.79 bits per heavy atom. The molecule has 1 unspecified atom stereocenters. The molecule has 0 fully saturated rings. The molecule has 4 rings (SSSR count). The number of nitrogen functional groups attached to an aromatic ring is 1. The molecule has 8 heteroatoms. The van der Waals surface area contributed by atoms with Gasteiger partial charge in [0.25, 0.3) is 0 Å². The third kappa shape index (κ3) is 2.45. The van der Waals surface area contributed by atoms with Crippen LogP contribution in [0.1, 0.15) is 11.1 Å². The first-order valence-corrected chi connectivity index (χ1v) is 9.14. The van der Waals surface area contributed by atoms with Gasteiger partial charge in [-0.15, -0.1) is 0 Å². The summed E-state index contributed by atoms with van der Waals surface area (Å²) in [5, 5.41) is 2.66. The highest BCUT2D eigenvalue weighted by Gasteiger charge is 2.21. The van der Waals surface area contributed by atoms with Crippen molar-refractivity contribution in [2.45, 2.75) is 18.4 Å². The fraction of sp³-hybridized carbons (Fsp3) is 0.188. The van der Waals surface area contributed by atoms with Gasteiger partial charge in [-0.3, -0.25) is 4.21 Å². The predicted molar refractivity (Wildman–Crippen MR) is 93.0 cm³/mol. The summed E-state index contributed by atoms with van der Waals surface area (Å²) < 4.78 is 17.3. The maximum Gasteiger partial charge on any atom is 0.224 e. The molecule has 0 saturated heterocycles. The Morgan fingerprint density at radius 2 is 2.00 bits per heavy atom. The van der Waals surface area contributed by atoms with Crippen LogP contribution in [-0.2, 0) is 28.8 Å². The summed E-state index contributed by atoms with van der Waals surface area (Å²) in [6.45, 7) is 1.06. The maximum absolute atomic E-state index is 11.7. The van der Waals surface area contributed by atoms with E-state index in [0.29, 0.717) is 29.6 Å². The van der Waals surface area contributed by atoms with Gasteiger partial charge in [-0.25, -0.2) is 4.98 Å². The topological polar surface area (TPSA) is 91.0 Å². The minimum absolute atomic E-state index is 0.0186. The lowest BCUT2D eigenvalue weighted by Crippen LogP contribution is -2.08. The van der Waals surface area contributed by atoms with Gasteiger partial charge in [0.1, 0.15) is 0 Å². The number of aromatic nitrogens is 3. The first-order chi connectivity index (χ1) is 11.5. The van der Waals surface area contributed by atoms with Gasteiger partial charge in [0.2, 0.25) is 11.1 Å². The number of ether oxygens (including phenoxy) is 1. The molecule has 1 aromatic heterocycles. The standard InChI is InChI=1S/C16H13ClN4O2S/c1-24(22)16-20-14(19-15(18)21-16)13-10-4-2-3-8-6-23-7-9(12(8)10)5-11(13)17/h2-5H,6-7H2,1H3,(H2,18,19,20,21). The van der Waals surface area contributed by atoms with E-state index < -0.39 is 10.8 Å². The van der Waals surface area contributed by atoms with Gasteiger partial charge in [-0.2, -0.15) is 9.97 Å². The van der Waals surface area contributed by atoms with Crippen LogP contribution in [0.5, 0.6) is 0 Å². The van der Waals surface area contributed by atoms with Crippen LogP contribution < -0.4 is 5.73 Å². The fourth-order valence-electron chi connectivity index (χ4n) is 2.96. The molecular formula is C16H13ClN4O2S. The van der Waals surface area contributed by atoms with Crippen molar-refractivity contribution in [3.63, 3.8) is 0 Å². The minimum atomic E-state index is -1.37. The van der Waals surface area contributed by atoms with Gasteiger partial charge in [-0.05, 0) is 28.0 Å². The first kappa shape index (κ1) is 15.4. The summed E-state index contributed by atoms with van der Waals surface area (Å²) in [4.78, 5) is 12.4. The molecule has 0 spiro atoms. The van der Waals surface area contributed by atoms with Crippen molar-refractivity contribution < 1.29 is 8.95 Å². The van der Waals surface area contributed by atoms with Gasteiger partial charge in [0, 0.05) is 11.8 Å². The molecule has 2 N–H and O–H groups in total. The van der Waals surface area contributed by atoms with E-state index in [2.05, 4.69) is 15.0 Å². The largest absolute Gasteiger partial charge is 0.372 e. The molecule has 2 aromatic carbocycles. The maximum atomic E-state index is 11.7. The summed E-state index contributed by atoms with van der Waals surface area (Å²) in [5.41, 5.74) is 8.55. The van der Waals surface area contributed by atoms with E-state index in [1.54, 1.807) is 0 Å².